The predicted molar refractivity (Wildman–Crippen MR) is 90.4 cm³/mol. The van der Waals surface area contributed by atoms with Crippen molar-refractivity contribution in [3.05, 3.63) is 24.3 Å². The Hall–Kier alpha value is -2.34. The molecule has 0 spiro atoms. The Bertz CT molecular complexity index is 1100. The van der Waals surface area contributed by atoms with E-state index in [2.05, 4.69) is 25.1 Å². The molecule has 1 atom stereocenters. The number of aromatic nitrogens is 5. The molecule has 27 heavy (non-hydrogen) atoms. The first-order valence-corrected chi connectivity index (χ1v) is 9.84. The first kappa shape index (κ1) is 18.0. The van der Waals surface area contributed by atoms with Gasteiger partial charge in [0.1, 0.15) is 0 Å². The lowest BCUT2D eigenvalue weighted by Gasteiger charge is -2.32. The summed E-state index contributed by atoms with van der Waals surface area (Å²) < 4.78 is 63.1. The molecule has 0 radical (unpaired) electrons. The summed E-state index contributed by atoms with van der Waals surface area (Å²) in [5.41, 5.74) is 1.49. The number of hydrogen-bond acceptors (Lipinski definition) is 6. The molecule has 144 valence electrons. The molecule has 0 aromatic carbocycles. The SMILES string of the molecule is O=S(=O)(CC(F)(F)F)N1CCCC(c2[nH]cnc3nnc4nccc4c23)C1. The van der Waals surface area contributed by atoms with E-state index in [0.29, 0.717) is 35.2 Å². The lowest BCUT2D eigenvalue weighted by Crippen LogP contribution is -2.43. The van der Waals surface area contributed by atoms with Crippen LogP contribution in [0.5, 0.6) is 0 Å². The Morgan fingerprint density at radius 2 is 2.00 bits per heavy atom. The molecule has 0 bridgehead atoms. The second-order valence-corrected chi connectivity index (χ2v) is 8.43. The zero-order valence-corrected chi connectivity index (χ0v) is 14.8. The first-order valence-electron chi connectivity index (χ1n) is 8.23. The summed E-state index contributed by atoms with van der Waals surface area (Å²) in [6.45, 7) is 0.0387. The summed E-state index contributed by atoms with van der Waals surface area (Å²) in [6.07, 6.45) is -0.676. The number of rotatable bonds is 3. The van der Waals surface area contributed by atoms with E-state index in [1.54, 1.807) is 12.3 Å². The van der Waals surface area contributed by atoms with Gasteiger partial charge in [0.2, 0.25) is 10.0 Å². The van der Waals surface area contributed by atoms with Crippen LogP contribution in [0.25, 0.3) is 22.1 Å². The molecule has 1 N–H and O–H groups in total. The number of piperidine rings is 1. The zero-order chi connectivity index (χ0) is 19.2. The van der Waals surface area contributed by atoms with Crippen LogP contribution in [0.3, 0.4) is 0 Å². The minimum atomic E-state index is -4.77. The van der Waals surface area contributed by atoms with Gasteiger partial charge < -0.3 is 4.98 Å². The van der Waals surface area contributed by atoms with Gasteiger partial charge in [-0.2, -0.15) is 13.2 Å². The van der Waals surface area contributed by atoms with E-state index in [-0.39, 0.29) is 19.0 Å². The highest BCUT2D eigenvalue weighted by Gasteiger charge is 2.40. The molecule has 8 nitrogen and oxygen atoms in total. The largest absolute Gasteiger partial charge is 0.404 e. The second kappa shape index (κ2) is 6.37. The van der Waals surface area contributed by atoms with Gasteiger partial charge in [-0.3, -0.25) is 0 Å². The fourth-order valence-corrected chi connectivity index (χ4v) is 4.92. The van der Waals surface area contributed by atoms with Crippen molar-refractivity contribution < 1.29 is 21.6 Å². The van der Waals surface area contributed by atoms with Gasteiger partial charge in [0.15, 0.2) is 17.0 Å². The molecular weight excluding hydrogens is 385 g/mol. The van der Waals surface area contributed by atoms with E-state index in [4.69, 9.17) is 0 Å². The van der Waals surface area contributed by atoms with Crippen LogP contribution in [0.15, 0.2) is 18.6 Å². The van der Waals surface area contributed by atoms with Gasteiger partial charge in [-0.1, -0.05) is 0 Å². The van der Waals surface area contributed by atoms with Gasteiger partial charge in [-0.05, 0) is 18.9 Å². The number of nitrogens with zero attached hydrogens (tertiary/aromatic N) is 5. The molecule has 3 aromatic heterocycles. The smallest absolute Gasteiger partial charge is 0.349 e. The van der Waals surface area contributed by atoms with Crippen LogP contribution in [-0.2, 0) is 10.0 Å². The first-order chi connectivity index (χ1) is 12.7. The van der Waals surface area contributed by atoms with Gasteiger partial charge >= 0.3 is 6.18 Å². The van der Waals surface area contributed by atoms with Crippen molar-refractivity contribution in [2.45, 2.75) is 24.9 Å². The van der Waals surface area contributed by atoms with E-state index >= 15 is 0 Å². The van der Waals surface area contributed by atoms with E-state index in [1.165, 1.54) is 6.33 Å². The number of halogens is 3. The van der Waals surface area contributed by atoms with Crippen LogP contribution in [0.1, 0.15) is 24.5 Å². The Morgan fingerprint density at radius 1 is 1.22 bits per heavy atom. The number of fused-ring (bicyclic) bond motifs is 3. The van der Waals surface area contributed by atoms with Gasteiger partial charge in [-0.25, -0.2) is 22.7 Å². The maximum absolute atomic E-state index is 12.6. The van der Waals surface area contributed by atoms with Crippen LogP contribution in [0, 0.1) is 0 Å². The van der Waals surface area contributed by atoms with Crippen molar-refractivity contribution in [3.63, 3.8) is 0 Å². The molecule has 4 rings (SSSR count). The highest BCUT2D eigenvalue weighted by atomic mass is 32.2. The van der Waals surface area contributed by atoms with Crippen molar-refractivity contribution in [3.8, 4) is 0 Å². The molecule has 1 aliphatic rings. The fourth-order valence-electron chi connectivity index (χ4n) is 3.51. The Labute approximate surface area is 151 Å². The average Bonchev–Trinajstić information content (AvgIpc) is 3.08. The molecule has 12 heteroatoms. The normalized spacial score (nSPS) is 19.7. The Morgan fingerprint density at radius 3 is 2.78 bits per heavy atom. The Kier molecular flexibility index (Phi) is 4.26. The molecule has 1 saturated heterocycles. The van der Waals surface area contributed by atoms with E-state index in [0.717, 1.165) is 9.69 Å². The minimum absolute atomic E-state index is 0.0357. The number of nitrogens with one attached hydrogen (secondary N) is 1. The fraction of sp³-hybridized carbons (Fsp3) is 0.467. The number of alkyl halides is 3. The third-order valence-electron chi connectivity index (χ3n) is 4.62. The summed E-state index contributed by atoms with van der Waals surface area (Å²) in [5.74, 6) is -2.16. The molecule has 1 fully saturated rings. The summed E-state index contributed by atoms with van der Waals surface area (Å²) in [5, 5.41) is 9.39. The molecular formula is C15H15F3N6O2S. The summed E-state index contributed by atoms with van der Waals surface area (Å²) in [7, 11) is -4.43. The lowest BCUT2D eigenvalue weighted by atomic mass is 9.93. The number of aromatic amines is 1. The van der Waals surface area contributed by atoms with Crippen LogP contribution in [0.4, 0.5) is 13.2 Å². The van der Waals surface area contributed by atoms with Crippen molar-refractivity contribution in [1.29, 1.82) is 0 Å². The Balaban J connectivity index is 1.73. The summed E-state index contributed by atoms with van der Waals surface area (Å²) in [4.78, 5) is 11.3. The van der Waals surface area contributed by atoms with Crippen LogP contribution >= 0.6 is 0 Å². The van der Waals surface area contributed by atoms with Crippen LogP contribution in [-0.4, -0.2) is 62.9 Å². The third kappa shape index (κ3) is 3.46. The van der Waals surface area contributed by atoms with E-state index in [9.17, 15) is 21.6 Å². The number of H-pyrrole nitrogens is 1. The van der Waals surface area contributed by atoms with Crippen molar-refractivity contribution >= 4 is 32.1 Å². The molecule has 0 saturated carbocycles. The molecule has 1 unspecified atom stereocenters. The summed E-state index contributed by atoms with van der Waals surface area (Å²) in [6, 6.07) is 1.76. The highest BCUT2D eigenvalue weighted by molar-refractivity contribution is 7.89. The second-order valence-electron chi connectivity index (χ2n) is 6.47. The maximum atomic E-state index is 12.6. The van der Waals surface area contributed by atoms with E-state index < -0.39 is 22.0 Å². The van der Waals surface area contributed by atoms with Gasteiger partial charge in [0.05, 0.1) is 11.7 Å². The molecule has 3 aromatic rings. The van der Waals surface area contributed by atoms with Crippen molar-refractivity contribution in [2.24, 2.45) is 0 Å². The quantitative estimate of drug-likeness (QED) is 0.721. The van der Waals surface area contributed by atoms with Gasteiger partial charge in [-0.15, -0.1) is 10.2 Å². The molecule has 0 aliphatic carbocycles. The maximum Gasteiger partial charge on any atom is 0.404 e. The monoisotopic (exact) mass is 400 g/mol. The summed E-state index contributed by atoms with van der Waals surface area (Å²) >= 11 is 0. The van der Waals surface area contributed by atoms with Gasteiger partial charge in [0.25, 0.3) is 0 Å². The van der Waals surface area contributed by atoms with Crippen LogP contribution < -0.4 is 0 Å². The highest BCUT2D eigenvalue weighted by Crippen LogP contribution is 2.34. The molecule has 0 amide bonds. The average molecular weight is 400 g/mol. The van der Waals surface area contributed by atoms with Crippen molar-refractivity contribution in [1.82, 2.24) is 29.5 Å². The van der Waals surface area contributed by atoms with E-state index in [1.807, 2.05) is 0 Å². The number of hydrogen-bond donors (Lipinski definition) is 1. The zero-order valence-electron chi connectivity index (χ0n) is 13.9. The van der Waals surface area contributed by atoms with Crippen LogP contribution in [0.2, 0.25) is 0 Å². The predicted octanol–water partition coefficient (Wildman–Crippen LogP) is 1.97. The minimum Gasteiger partial charge on any atom is -0.349 e. The molecule has 1 aliphatic heterocycles. The lowest BCUT2D eigenvalue weighted by molar-refractivity contribution is -0.107. The molecule has 4 heterocycles. The standard InChI is InChI=1S/C15H15F3N6O2S/c16-15(17,18)7-27(25,26)24-5-1-2-9(6-24)12-11-10-3-4-19-13(10)22-23-14(11)21-8-20-12/h3-4,8-9H,1-2,5-7H2,(H,20,21,23). The van der Waals surface area contributed by atoms with Crippen molar-refractivity contribution in [2.75, 3.05) is 18.8 Å². The number of sulfonamides is 1. The topological polar surface area (TPSA) is 105 Å². The van der Waals surface area contributed by atoms with Gasteiger partial charge in [0, 0.05) is 36.3 Å². The third-order valence-corrected chi connectivity index (χ3v) is 6.43.